The Morgan fingerprint density at radius 1 is 1.12 bits per heavy atom. The van der Waals surface area contributed by atoms with Crippen LogP contribution in [0.25, 0.3) is 0 Å². The molecule has 2 rings (SSSR count). The molecule has 2 aromatic carbocycles. The first-order chi connectivity index (χ1) is 11.5. The van der Waals surface area contributed by atoms with Crippen molar-refractivity contribution in [1.82, 2.24) is 10.2 Å². The van der Waals surface area contributed by atoms with Crippen LogP contribution < -0.4 is 10.8 Å². The summed E-state index contributed by atoms with van der Waals surface area (Å²) >= 11 is 0. The van der Waals surface area contributed by atoms with Crippen LogP contribution in [-0.2, 0) is 15.9 Å². The fourth-order valence-corrected chi connectivity index (χ4v) is 5.42. The van der Waals surface area contributed by atoms with Gasteiger partial charge in [-0.05, 0) is 12.5 Å². The Hall–Kier alpha value is -1.94. The van der Waals surface area contributed by atoms with Crippen molar-refractivity contribution in [2.75, 3.05) is 6.16 Å². The summed E-state index contributed by atoms with van der Waals surface area (Å²) in [5.74, 6) is -0.574. The fourth-order valence-electron chi connectivity index (χ4n) is 2.70. The molecular weight excluding hydrogens is 323 g/mol. The van der Waals surface area contributed by atoms with Gasteiger partial charge in [-0.15, -0.1) is 0 Å². The molecule has 6 heteroatoms. The maximum atomic E-state index is 13.8. The average molecular weight is 346 g/mol. The van der Waals surface area contributed by atoms with Gasteiger partial charge in [0.05, 0.1) is 6.04 Å². The van der Waals surface area contributed by atoms with Gasteiger partial charge in [-0.1, -0.05) is 67.6 Å². The second-order valence-electron chi connectivity index (χ2n) is 5.59. The predicted molar refractivity (Wildman–Crippen MR) is 95.6 cm³/mol. The van der Waals surface area contributed by atoms with E-state index in [2.05, 4.69) is 0 Å². The van der Waals surface area contributed by atoms with Gasteiger partial charge < -0.3 is 4.57 Å². The first kappa shape index (κ1) is 18.4. The summed E-state index contributed by atoms with van der Waals surface area (Å²) in [5.41, 5.74) is 2.63. The molecule has 0 aliphatic rings. The Balaban J connectivity index is 2.47. The summed E-state index contributed by atoms with van der Waals surface area (Å²) in [6.45, 7) is 3.87. The number of hydrogen-bond acceptors (Lipinski definition) is 3. The van der Waals surface area contributed by atoms with E-state index in [0.29, 0.717) is 18.0 Å². The molecule has 24 heavy (non-hydrogen) atoms. The molecule has 0 aromatic heterocycles. The third kappa shape index (κ3) is 3.93. The quantitative estimate of drug-likeness (QED) is 0.459. The number of nitrogens with one attached hydrogen (secondary N) is 1. The molecule has 0 heterocycles. The third-order valence-corrected chi connectivity index (χ3v) is 7.41. The van der Waals surface area contributed by atoms with Crippen molar-refractivity contribution in [3.05, 3.63) is 66.2 Å². The summed E-state index contributed by atoms with van der Waals surface area (Å²) in [6, 6.07) is 18.1. The lowest BCUT2D eigenvalue weighted by atomic mass is 10.2. The number of hydrogen-bond donors (Lipinski definition) is 2. The van der Waals surface area contributed by atoms with Crippen LogP contribution >= 0.6 is 7.29 Å². The number of rotatable bonds is 7. The molecule has 1 amide bonds. The van der Waals surface area contributed by atoms with Crippen LogP contribution in [-0.4, -0.2) is 28.0 Å². The van der Waals surface area contributed by atoms with Gasteiger partial charge in [-0.3, -0.25) is 10.0 Å². The topological polar surface area (TPSA) is 69.6 Å². The van der Waals surface area contributed by atoms with Gasteiger partial charge in [0, 0.05) is 18.0 Å². The molecule has 2 N–H and O–H groups in total. The minimum atomic E-state index is -2.99. The van der Waals surface area contributed by atoms with E-state index in [4.69, 9.17) is 5.21 Å². The van der Waals surface area contributed by atoms with Crippen molar-refractivity contribution in [2.45, 2.75) is 26.4 Å². The number of hydroxylamine groups is 1. The molecule has 128 valence electrons. The van der Waals surface area contributed by atoms with Crippen LogP contribution in [0.5, 0.6) is 0 Å². The number of nitrogens with zero attached hydrogens (tertiary/aromatic N) is 1. The van der Waals surface area contributed by atoms with Crippen molar-refractivity contribution in [3.63, 3.8) is 0 Å². The summed E-state index contributed by atoms with van der Waals surface area (Å²) in [7, 11) is -2.99. The SMILES string of the molecule is CCP(=O)(c1ccccc1)N(Cc1ccccc1)[C@@H](C)C(=O)NO. The van der Waals surface area contributed by atoms with Crippen LogP contribution in [0.4, 0.5) is 0 Å². The molecule has 1 unspecified atom stereocenters. The molecule has 2 aromatic rings. The van der Waals surface area contributed by atoms with Crippen LogP contribution in [0.2, 0.25) is 0 Å². The van der Waals surface area contributed by atoms with Gasteiger partial charge in [-0.2, -0.15) is 0 Å². The normalized spacial score (nSPS) is 14.8. The highest BCUT2D eigenvalue weighted by molar-refractivity contribution is 7.69. The summed E-state index contributed by atoms with van der Waals surface area (Å²) in [4.78, 5) is 12.0. The van der Waals surface area contributed by atoms with E-state index in [1.54, 1.807) is 17.1 Å². The van der Waals surface area contributed by atoms with Crippen molar-refractivity contribution in [1.29, 1.82) is 0 Å². The largest absolute Gasteiger partial charge is 0.301 e. The lowest BCUT2D eigenvalue weighted by Gasteiger charge is -2.35. The minimum Gasteiger partial charge on any atom is -0.301 e. The van der Waals surface area contributed by atoms with E-state index in [0.717, 1.165) is 5.56 Å². The average Bonchev–Trinajstić information content (AvgIpc) is 2.65. The number of amides is 1. The van der Waals surface area contributed by atoms with Crippen molar-refractivity contribution in [3.8, 4) is 0 Å². The molecular formula is C18H23N2O3P. The van der Waals surface area contributed by atoms with Crippen LogP contribution in [0, 0.1) is 0 Å². The van der Waals surface area contributed by atoms with Gasteiger partial charge >= 0.3 is 0 Å². The molecule has 0 saturated carbocycles. The van der Waals surface area contributed by atoms with Gasteiger partial charge in [0.2, 0.25) is 0 Å². The standard InChI is InChI=1S/C18H23N2O3P/c1-3-24(23,17-12-8-5-9-13-17)20(15(2)18(21)19-22)14-16-10-6-4-7-11-16/h4-13,15,22H,3,14H2,1-2H3,(H,19,21)/t15-,24?/m0/s1. The van der Waals surface area contributed by atoms with Crippen LogP contribution in [0.1, 0.15) is 19.4 Å². The summed E-state index contributed by atoms with van der Waals surface area (Å²) in [6.07, 6.45) is 0.396. The zero-order chi connectivity index (χ0) is 17.6. The highest BCUT2D eigenvalue weighted by Gasteiger charge is 2.36. The van der Waals surface area contributed by atoms with Gasteiger partial charge in [0.25, 0.3) is 5.91 Å². The van der Waals surface area contributed by atoms with E-state index < -0.39 is 19.2 Å². The molecule has 0 aliphatic heterocycles. The van der Waals surface area contributed by atoms with Crippen molar-refractivity contribution in [2.24, 2.45) is 0 Å². The van der Waals surface area contributed by atoms with Gasteiger partial charge in [0.15, 0.2) is 7.29 Å². The Labute approximate surface area is 142 Å². The van der Waals surface area contributed by atoms with E-state index in [9.17, 15) is 9.36 Å². The number of carbonyl (C=O) groups is 1. The van der Waals surface area contributed by atoms with Crippen molar-refractivity contribution < 1.29 is 14.6 Å². The highest BCUT2D eigenvalue weighted by Crippen LogP contribution is 2.50. The molecule has 0 saturated heterocycles. The van der Waals surface area contributed by atoms with Gasteiger partial charge in [0.1, 0.15) is 0 Å². The predicted octanol–water partition coefficient (Wildman–Crippen LogP) is 3.01. The van der Waals surface area contributed by atoms with E-state index in [-0.39, 0.29) is 0 Å². The lowest BCUT2D eigenvalue weighted by molar-refractivity contribution is -0.132. The van der Waals surface area contributed by atoms with Crippen molar-refractivity contribution >= 4 is 18.5 Å². The number of carbonyl (C=O) groups excluding carboxylic acids is 1. The zero-order valence-electron chi connectivity index (χ0n) is 13.9. The number of benzene rings is 2. The molecule has 5 nitrogen and oxygen atoms in total. The molecule has 0 radical (unpaired) electrons. The monoisotopic (exact) mass is 346 g/mol. The Bertz CT molecular complexity index is 707. The summed E-state index contributed by atoms with van der Waals surface area (Å²) < 4.78 is 15.5. The molecule has 2 atom stereocenters. The summed E-state index contributed by atoms with van der Waals surface area (Å²) in [5, 5.41) is 9.72. The second kappa shape index (κ2) is 8.25. The molecule has 0 fully saturated rings. The van der Waals surface area contributed by atoms with Crippen LogP contribution in [0.3, 0.4) is 0 Å². The minimum absolute atomic E-state index is 0.357. The maximum Gasteiger partial charge on any atom is 0.260 e. The third-order valence-electron chi connectivity index (χ3n) is 4.13. The second-order valence-corrected chi connectivity index (χ2v) is 8.65. The molecule has 0 aliphatic carbocycles. The molecule has 0 bridgehead atoms. The van der Waals surface area contributed by atoms with E-state index in [1.165, 1.54) is 0 Å². The van der Waals surface area contributed by atoms with Gasteiger partial charge in [-0.25, -0.2) is 10.2 Å². The Kier molecular flexibility index (Phi) is 6.32. The first-order valence-electron chi connectivity index (χ1n) is 7.92. The molecule has 0 spiro atoms. The smallest absolute Gasteiger partial charge is 0.260 e. The van der Waals surface area contributed by atoms with Crippen LogP contribution in [0.15, 0.2) is 60.7 Å². The lowest BCUT2D eigenvalue weighted by Crippen LogP contribution is -2.44. The van der Waals surface area contributed by atoms with E-state index in [1.807, 2.05) is 67.6 Å². The Morgan fingerprint density at radius 3 is 2.17 bits per heavy atom. The highest BCUT2D eigenvalue weighted by atomic mass is 31.2. The first-order valence-corrected chi connectivity index (χ1v) is 9.77. The maximum absolute atomic E-state index is 13.8. The zero-order valence-corrected chi connectivity index (χ0v) is 14.8. The van der Waals surface area contributed by atoms with E-state index >= 15 is 0 Å². The Morgan fingerprint density at radius 2 is 1.67 bits per heavy atom. The fraction of sp³-hybridized carbons (Fsp3) is 0.278.